The Labute approximate surface area is 124 Å². The molecule has 2 N–H and O–H groups in total. The van der Waals surface area contributed by atoms with Gasteiger partial charge in [-0.2, -0.15) is 0 Å². The van der Waals surface area contributed by atoms with E-state index in [1.54, 1.807) is 0 Å². The van der Waals surface area contributed by atoms with Gasteiger partial charge >= 0.3 is 12.0 Å². The van der Waals surface area contributed by atoms with Gasteiger partial charge in [-0.25, -0.2) is 9.59 Å². The summed E-state index contributed by atoms with van der Waals surface area (Å²) in [4.78, 5) is 33.3. The Morgan fingerprint density at radius 1 is 1.41 bits per heavy atom. The fraction of sp³-hybridized carbons (Fsp3) is 0.231. The molecular formula is C13H12N3O6-. The van der Waals surface area contributed by atoms with Crippen LogP contribution in [0, 0.1) is 10.1 Å². The van der Waals surface area contributed by atoms with Gasteiger partial charge in [0.25, 0.3) is 5.69 Å². The maximum absolute atomic E-state index is 11.9. The van der Waals surface area contributed by atoms with Crippen molar-refractivity contribution in [2.45, 2.75) is 13.0 Å². The Morgan fingerprint density at radius 3 is 2.64 bits per heavy atom. The Hall–Kier alpha value is -3.10. The fourth-order valence-electron chi connectivity index (χ4n) is 2.19. The molecule has 1 aliphatic rings. The van der Waals surface area contributed by atoms with Crippen molar-refractivity contribution in [1.29, 1.82) is 0 Å². The Kier molecular flexibility index (Phi) is 3.97. The highest BCUT2D eigenvalue weighted by molar-refractivity contribution is 5.95. The Bertz CT molecular complexity index is 697. The van der Waals surface area contributed by atoms with E-state index in [1.807, 2.05) is 0 Å². The molecule has 22 heavy (non-hydrogen) atoms. The summed E-state index contributed by atoms with van der Waals surface area (Å²) in [6, 6.07) is 1.89. The molecule has 0 unspecified atom stereocenters. The monoisotopic (exact) mass is 306 g/mol. The van der Waals surface area contributed by atoms with Crippen molar-refractivity contribution < 1.29 is 24.4 Å². The van der Waals surface area contributed by atoms with Crippen LogP contribution in [0.4, 0.5) is 10.5 Å². The molecule has 116 valence electrons. The zero-order valence-corrected chi connectivity index (χ0v) is 11.7. The number of benzene rings is 1. The zero-order chi connectivity index (χ0) is 16.4. The molecule has 2 rings (SSSR count). The van der Waals surface area contributed by atoms with E-state index in [0.717, 1.165) is 12.1 Å². The quantitative estimate of drug-likeness (QED) is 0.473. The molecule has 0 saturated heterocycles. The lowest BCUT2D eigenvalue weighted by atomic mass is 9.95. The van der Waals surface area contributed by atoms with E-state index in [2.05, 4.69) is 15.4 Å². The van der Waals surface area contributed by atoms with Gasteiger partial charge in [-0.05, 0) is 24.3 Å². The van der Waals surface area contributed by atoms with Crippen LogP contribution in [0.25, 0.3) is 0 Å². The maximum atomic E-state index is 11.9. The van der Waals surface area contributed by atoms with Crippen molar-refractivity contribution in [3.63, 3.8) is 0 Å². The maximum Gasteiger partial charge on any atom is 0.337 e. The van der Waals surface area contributed by atoms with Crippen LogP contribution in [-0.4, -0.2) is 24.0 Å². The second kappa shape index (κ2) is 5.72. The van der Waals surface area contributed by atoms with Gasteiger partial charge in [0.1, 0.15) is 0 Å². The number of hydrogen-bond acceptors (Lipinski definition) is 6. The number of rotatable bonds is 3. The molecular weight excluding hydrogens is 294 g/mol. The van der Waals surface area contributed by atoms with Crippen LogP contribution in [0.15, 0.2) is 29.5 Å². The van der Waals surface area contributed by atoms with Crippen LogP contribution in [0.3, 0.4) is 0 Å². The third-order valence-electron chi connectivity index (χ3n) is 3.19. The summed E-state index contributed by atoms with van der Waals surface area (Å²) in [6.45, 7) is 1.52. The zero-order valence-electron chi connectivity index (χ0n) is 11.7. The number of methoxy groups -OCH3 is 1. The first-order chi connectivity index (χ1) is 10.3. The lowest BCUT2D eigenvalue weighted by Crippen LogP contribution is -2.45. The van der Waals surface area contributed by atoms with Crippen molar-refractivity contribution in [2.75, 3.05) is 7.11 Å². The summed E-state index contributed by atoms with van der Waals surface area (Å²) in [7, 11) is 1.19. The van der Waals surface area contributed by atoms with Crippen molar-refractivity contribution in [1.82, 2.24) is 10.6 Å². The number of nitro groups is 1. The summed E-state index contributed by atoms with van der Waals surface area (Å²) >= 11 is 0. The van der Waals surface area contributed by atoms with Crippen LogP contribution in [0.2, 0.25) is 0 Å². The molecule has 0 radical (unpaired) electrons. The molecule has 1 aromatic carbocycles. The third-order valence-corrected chi connectivity index (χ3v) is 3.19. The summed E-state index contributed by atoms with van der Waals surface area (Å²) in [5.74, 6) is -1.49. The van der Waals surface area contributed by atoms with Crippen molar-refractivity contribution in [3.8, 4) is 5.75 Å². The number of nitrogens with one attached hydrogen (secondary N) is 2. The number of hydrogen-bond donors (Lipinski definition) is 2. The number of urea groups is 1. The van der Waals surface area contributed by atoms with Gasteiger partial charge in [0.2, 0.25) is 0 Å². The van der Waals surface area contributed by atoms with Crippen molar-refractivity contribution in [3.05, 3.63) is 45.1 Å². The van der Waals surface area contributed by atoms with Crippen LogP contribution >= 0.6 is 0 Å². The molecule has 0 spiro atoms. The van der Waals surface area contributed by atoms with E-state index < -0.39 is 34.4 Å². The molecule has 0 aliphatic carbocycles. The first-order valence-electron chi connectivity index (χ1n) is 6.17. The van der Waals surface area contributed by atoms with Gasteiger partial charge in [-0.1, -0.05) is 6.07 Å². The number of nitro benzene ring substituents is 1. The molecule has 0 fully saturated rings. The predicted octanol–water partition coefficient (Wildman–Crippen LogP) is 0.469. The third kappa shape index (κ3) is 2.68. The normalized spacial score (nSPS) is 17.5. The van der Waals surface area contributed by atoms with Gasteiger partial charge in [-0.3, -0.25) is 10.1 Å². The molecule has 0 bridgehead atoms. The average Bonchev–Trinajstić information content (AvgIpc) is 2.45. The molecule has 0 saturated carbocycles. The fourth-order valence-corrected chi connectivity index (χ4v) is 2.19. The lowest BCUT2D eigenvalue weighted by Gasteiger charge is -2.28. The smallest absolute Gasteiger partial charge is 0.337 e. The minimum Gasteiger partial charge on any atom is -0.868 e. The second-order valence-electron chi connectivity index (χ2n) is 4.55. The number of carbonyl (C=O) groups excluding carboxylic acids is 2. The predicted molar refractivity (Wildman–Crippen MR) is 71.7 cm³/mol. The number of nitrogens with zero attached hydrogens (tertiary/aromatic N) is 1. The molecule has 2 amide bonds. The van der Waals surface area contributed by atoms with Gasteiger partial charge in [0.05, 0.1) is 23.6 Å². The molecule has 1 heterocycles. The van der Waals surface area contributed by atoms with E-state index in [4.69, 9.17) is 0 Å². The highest BCUT2D eigenvalue weighted by Gasteiger charge is 2.32. The molecule has 1 aromatic rings. The van der Waals surface area contributed by atoms with Gasteiger partial charge in [-0.15, -0.1) is 0 Å². The topological polar surface area (TPSA) is 134 Å². The highest BCUT2D eigenvalue weighted by Crippen LogP contribution is 2.32. The van der Waals surface area contributed by atoms with E-state index in [0.29, 0.717) is 0 Å². The SMILES string of the molecule is COC(=O)C1=C(C)NC(=O)N[C@@H]1c1ccc([N+](=O)[O-])c([O-])c1. The molecule has 0 aromatic heterocycles. The molecule has 1 aliphatic heterocycles. The average molecular weight is 306 g/mol. The van der Waals surface area contributed by atoms with E-state index in [1.165, 1.54) is 20.1 Å². The minimum absolute atomic E-state index is 0.121. The van der Waals surface area contributed by atoms with E-state index >= 15 is 0 Å². The van der Waals surface area contributed by atoms with E-state index in [9.17, 15) is 24.8 Å². The van der Waals surface area contributed by atoms with Crippen LogP contribution < -0.4 is 15.7 Å². The van der Waals surface area contributed by atoms with Crippen LogP contribution in [0.1, 0.15) is 18.5 Å². The molecule has 9 nitrogen and oxygen atoms in total. The first kappa shape index (κ1) is 15.3. The largest absolute Gasteiger partial charge is 0.868 e. The molecule has 1 atom stereocenters. The Balaban J connectivity index is 2.51. The summed E-state index contributed by atoms with van der Waals surface area (Å²) in [6.07, 6.45) is 0. The van der Waals surface area contributed by atoms with Gasteiger partial charge in [0.15, 0.2) is 0 Å². The second-order valence-corrected chi connectivity index (χ2v) is 4.55. The Morgan fingerprint density at radius 2 is 2.09 bits per heavy atom. The van der Waals surface area contributed by atoms with E-state index in [-0.39, 0.29) is 16.8 Å². The molecule has 9 heteroatoms. The minimum atomic E-state index is -0.922. The van der Waals surface area contributed by atoms with Gasteiger partial charge < -0.3 is 20.5 Å². The standard InChI is InChI=1S/C13H13N3O6/c1-6-10(12(18)22-2)11(15-13(19)14-6)7-3-4-8(16(20)21)9(17)5-7/h3-5,11,17H,1-2H3,(H2,14,15,19)/p-1/t11-/m1/s1. The van der Waals surface area contributed by atoms with Crippen LogP contribution in [0.5, 0.6) is 5.75 Å². The van der Waals surface area contributed by atoms with Crippen molar-refractivity contribution in [2.24, 2.45) is 0 Å². The highest BCUT2D eigenvalue weighted by atomic mass is 16.6. The van der Waals surface area contributed by atoms with Crippen LogP contribution in [-0.2, 0) is 9.53 Å². The lowest BCUT2D eigenvalue weighted by molar-refractivity contribution is -0.398. The number of amides is 2. The van der Waals surface area contributed by atoms with Crippen molar-refractivity contribution >= 4 is 17.7 Å². The summed E-state index contributed by atoms with van der Waals surface area (Å²) < 4.78 is 4.66. The number of esters is 1. The number of carbonyl (C=O) groups is 2. The summed E-state index contributed by atoms with van der Waals surface area (Å²) in [5, 5.41) is 27.3. The summed E-state index contributed by atoms with van der Waals surface area (Å²) in [5.41, 5.74) is 0.0799. The number of ether oxygens (including phenoxy) is 1. The number of allylic oxidation sites excluding steroid dienone is 1. The van der Waals surface area contributed by atoms with Gasteiger partial charge in [0, 0.05) is 11.8 Å². The first-order valence-corrected chi connectivity index (χ1v) is 6.17.